The summed E-state index contributed by atoms with van der Waals surface area (Å²) < 4.78 is 0. The molecule has 0 amide bonds. The smallest absolute Gasteiger partial charge is 0.0189 e. The van der Waals surface area contributed by atoms with Crippen LogP contribution in [0.1, 0.15) is 39.5 Å². The summed E-state index contributed by atoms with van der Waals surface area (Å²) in [5.41, 5.74) is 0. The second-order valence-electron chi connectivity index (χ2n) is 4.55. The predicted octanol–water partition coefficient (Wildman–Crippen LogP) is 2.11. The van der Waals surface area contributed by atoms with Crippen LogP contribution >= 0.6 is 0 Å². The monoisotopic (exact) mass is 198 g/mol. The minimum atomic E-state index is 0.688. The number of nitrogens with one attached hydrogen (secondary N) is 1. The van der Waals surface area contributed by atoms with Crippen molar-refractivity contribution >= 4 is 0 Å². The molecule has 0 spiro atoms. The summed E-state index contributed by atoms with van der Waals surface area (Å²) in [5, 5.41) is 3.38. The van der Waals surface area contributed by atoms with Crippen LogP contribution in [0.4, 0.5) is 0 Å². The number of piperidine rings is 1. The number of likely N-dealkylation sites (N-methyl/N-ethyl adjacent to an activating group) is 1. The van der Waals surface area contributed by atoms with E-state index in [0.29, 0.717) is 6.04 Å². The van der Waals surface area contributed by atoms with Gasteiger partial charge in [0, 0.05) is 12.6 Å². The van der Waals surface area contributed by atoms with Gasteiger partial charge in [0.25, 0.3) is 0 Å². The topological polar surface area (TPSA) is 15.3 Å². The molecule has 1 heterocycles. The van der Waals surface area contributed by atoms with Crippen LogP contribution in [0, 0.1) is 5.92 Å². The molecule has 84 valence electrons. The van der Waals surface area contributed by atoms with Crippen LogP contribution in [0.2, 0.25) is 0 Å². The van der Waals surface area contributed by atoms with Gasteiger partial charge >= 0.3 is 0 Å². The van der Waals surface area contributed by atoms with Crippen molar-refractivity contribution in [2.45, 2.75) is 45.6 Å². The first-order chi connectivity index (χ1) is 6.80. The van der Waals surface area contributed by atoms with Crippen molar-refractivity contribution in [3.8, 4) is 0 Å². The van der Waals surface area contributed by atoms with Crippen molar-refractivity contribution in [1.29, 1.82) is 0 Å². The molecule has 1 rings (SSSR count). The molecule has 0 bridgehead atoms. The zero-order chi connectivity index (χ0) is 10.4. The molecule has 0 aliphatic carbocycles. The van der Waals surface area contributed by atoms with E-state index in [1.54, 1.807) is 0 Å². The third kappa shape index (κ3) is 3.58. The molecule has 1 fully saturated rings. The molecule has 1 N–H and O–H groups in total. The van der Waals surface area contributed by atoms with Crippen molar-refractivity contribution in [2.24, 2.45) is 5.92 Å². The number of hydrogen-bond acceptors (Lipinski definition) is 2. The lowest BCUT2D eigenvalue weighted by Gasteiger charge is -2.33. The molecule has 2 nitrogen and oxygen atoms in total. The largest absolute Gasteiger partial charge is 0.316 e. The average molecular weight is 198 g/mol. The van der Waals surface area contributed by atoms with Crippen molar-refractivity contribution in [3.05, 3.63) is 0 Å². The van der Waals surface area contributed by atoms with Crippen LogP contribution in [0.25, 0.3) is 0 Å². The Balaban J connectivity index is 2.21. The number of nitrogens with zero attached hydrogens (tertiary/aromatic N) is 1. The normalized spacial score (nSPS) is 22.5. The van der Waals surface area contributed by atoms with Crippen LogP contribution in [-0.2, 0) is 0 Å². The van der Waals surface area contributed by atoms with Gasteiger partial charge in [0.2, 0.25) is 0 Å². The first kappa shape index (κ1) is 12.0. The van der Waals surface area contributed by atoms with Crippen molar-refractivity contribution in [1.82, 2.24) is 10.2 Å². The second kappa shape index (κ2) is 6.41. The molecular formula is C12H26N2. The van der Waals surface area contributed by atoms with E-state index < -0.39 is 0 Å². The fourth-order valence-electron chi connectivity index (χ4n) is 2.31. The number of likely N-dealkylation sites (tertiary alicyclic amines) is 1. The quantitative estimate of drug-likeness (QED) is 0.728. The predicted molar refractivity (Wildman–Crippen MR) is 62.6 cm³/mol. The van der Waals surface area contributed by atoms with Crippen molar-refractivity contribution in [3.63, 3.8) is 0 Å². The third-order valence-corrected chi connectivity index (χ3v) is 3.66. The summed E-state index contributed by atoms with van der Waals surface area (Å²) in [6.45, 7) is 8.46. The van der Waals surface area contributed by atoms with Crippen LogP contribution < -0.4 is 5.32 Å². The molecule has 14 heavy (non-hydrogen) atoms. The molecule has 0 aromatic rings. The molecule has 0 radical (unpaired) electrons. The standard InChI is InChI=1S/C12H26N2/c1-4-11-6-8-14(9-7-11)10-12(5-2)13-3/h11-13H,4-10H2,1-3H3. The van der Waals surface area contributed by atoms with E-state index in [1.165, 1.54) is 45.3 Å². The van der Waals surface area contributed by atoms with E-state index in [4.69, 9.17) is 0 Å². The van der Waals surface area contributed by atoms with Crippen molar-refractivity contribution in [2.75, 3.05) is 26.7 Å². The fraction of sp³-hybridized carbons (Fsp3) is 1.00. The molecule has 0 aromatic heterocycles. The van der Waals surface area contributed by atoms with Crippen LogP contribution in [-0.4, -0.2) is 37.6 Å². The zero-order valence-electron chi connectivity index (χ0n) is 10.1. The van der Waals surface area contributed by atoms with Crippen LogP contribution in [0.15, 0.2) is 0 Å². The van der Waals surface area contributed by atoms with E-state index in [2.05, 4.69) is 31.1 Å². The Hall–Kier alpha value is -0.0800. The van der Waals surface area contributed by atoms with Crippen LogP contribution in [0.3, 0.4) is 0 Å². The van der Waals surface area contributed by atoms with Gasteiger partial charge in [-0.3, -0.25) is 0 Å². The summed E-state index contributed by atoms with van der Waals surface area (Å²) in [7, 11) is 2.08. The maximum Gasteiger partial charge on any atom is 0.0189 e. The molecule has 1 saturated heterocycles. The zero-order valence-corrected chi connectivity index (χ0v) is 10.1. The number of hydrogen-bond donors (Lipinski definition) is 1. The van der Waals surface area contributed by atoms with Gasteiger partial charge in [-0.25, -0.2) is 0 Å². The van der Waals surface area contributed by atoms with E-state index in [1.807, 2.05) is 0 Å². The summed E-state index contributed by atoms with van der Waals surface area (Å²) in [4.78, 5) is 2.62. The fourth-order valence-corrected chi connectivity index (χ4v) is 2.31. The third-order valence-electron chi connectivity index (χ3n) is 3.66. The highest BCUT2D eigenvalue weighted by Gasteiger charge is 2.19. The molecule has 2 heteroatoms. The van der Waals surface area contributed by atoms with E-state index in [-0.39, 0.29) is 0 Å². The summed E-state index contributed by atoms with van der Waals surface area (Å²) in [6, 6.07) is 0.688. The molecule has 0 aromatic carbocycles. The minimum absolute atomic E-state index is 0.688. The minimum Gasteiger partial charge on any atom is -0.316 e. The molecule has 1 unspecified atom stereocenters. The SMILES string of the molecule is CCC1CCN(CC(CC)NC)CC1. The molecule has 1 atom stereocenters. The first-order valence-electron chi connectivity index (χ1n) is 6.19. The van der Waals surface area contributed by atoms with E-state index in [9.17, 15) is 0 Å². The van der Waals surface area contributed by atoms with Crippen molar-refractivity contribution < 1.29 is 0 Å². The van der Waals surface area contributed by atoms with Gasteiger partial charge in [-0.05, 0) is 45.3 Å². The second-order valence-corrected chi connectivity index (χ2v) is 4.55. The lowest BCUT2D eigenvalue weighted by Crippen LogP contribution is -2.42. The Morgan fingerprint density at radius 3 is 2.36 bits per heavy atom. The highest BCUT2D eigenvalue weighted by molar-refractivity contribution is 4.75. The maximum atomic E-state index is 3.38. The lowest BCUT2D eigenvalue weighted by atomic mass is 9.94. The molecular weight excluding hydrogens is 172 g/mol. The molecule has 0 saturated carbocycles. The first-order valence-corrected chi connectivity index (χ1v) is 6.19. The molecule has 1 aliphatic rings. The Kier molecular flexibility index (Phi) is 5.49. The Labute approximate surface area is 89.1 Å². The van der Waals surface area contributed by atoms with E-state index >= 15 is 0 Å². The Morgan fingerprint density at radius 1 is 1.29 bits per heavy atom. The molecule has 1 aliphatic heterocycles. The van der Waals surface area contributed by atoms with Gasteiger partial charge in [0.1, 0.15) is 0 Å². The van der Waals surface area contributed by atoms with Gasteiger partial charge in [-0.15, -0.1) is 0 Å². The summed E-state index contributed by atoms with van der Waals surface area (Å²) >= 11 is 0. The van der Waals surface area contributed by atoms with Gasteiger partial charge in [-0.2, -0.15) is 0 Å². The van der Waals surface area contributed by atoms with Gasteiger partial charge in [-0.1, -0.05) is 20.3 Å². The number of rotatable bonds is 5. The Bertz CT molecular complexity index is 135. The summed E-state index contributed by atoms with van der Waals surface area (Å²) in [6.07, 6.45) is 5.44. The van der Waals surface area contributed by atoms with Gasteiger partial charge < -0.3 is 10.2 Å². The van der Waals surface area contributed by atoms with Crippen LogP contribution in [0.5, 0.6) is 0 Å². The maximum absolute atomic E-state index is 3.38. The van der Waals surface area contributed by atoms with Gasteiger partial charge in [0.15, 0.2) is 0 Å². The van der Waals surface area contributed by atoms with Gasteiger partial charge in [0.05, 0.1) is 0 Å². The highest BCUT2D eigenvalue weighted by atomic mass is 15.1. The lowest BCUT2D eigenvalue weighted by molar-refractivity contribution is 0.166. The van der Waals surface area contributed by atoms with E-state index in [0.717, 1.165) is 5.92 Å². The Morgan fingerprint density at radius 2 is 1.93 bits per heavy atom. The summed E-state index contributed by atoms with van der Waals surface area (Å²) in [5.74, 6) is 1.00. The highest BCUT2D eigenvalue weighted by Crippen LogP contribution is 2.19. The average Bonchev–Trinajstić information content (AvgIpc) is 2.26.